The van der Waals surface area contributed by atoms with Crippen molar-refractivity contribution < 1.29 is 23.9 Å². The van der Waals surface area contributed by atoms with E-state index in [1.807, 2.05) is 30.3 Å². The highest BCUT2D eigenvalue weighted by Gasteiger charge is 2.55. The molecule has 9 heteroatoms. The first kappa shape index (κ1) is 21.0. The van der Waals surface area contributed by atoms with Gasteiger partial charge in [-0.1, -0.05) is 48.5 Å². The van der Waals surface area contributed by atoms with Crippen LogP contribution in [0.2, 0.25) is 0 Å². The average molecular weight is 410 g/mol. The monoisotopic (exact) mass is 410 g/mol. The lowest BCUT2D eigenvalue weighted by Crippen LogP contribution is -2.65. The minimum Gasteiger partial charge on any atom is -0.359 e. The molecule has 2 aromatic carbocycles. The van der Waals surface area contributed by atoms with Gasteiger partial charge < -0.3 is 4.74 Å². The minimum absolute atomic E-state index is 0.115. The maximum absolute atomic E-state index is 12.1. The Morgan fingerprint density at radius 1 is 0.833 bits per heavy atom. The summed E-state index contributed by atoms with van der Waals surface area (Å²) < 4.78 is 12.7. The quantitative estimate of drug-likeness (QED) is 0.220. The molecule has 1 aromatic heterocycles. The van der Waals surface area contributed by atoms with E-state index < -0.39 is 15.7 Å². The van der Waals surface area contributed by atoms with Crippen molar-refractivity contribution in [3.8, 4) is 0 Å². The fourth-order valence-electron chi connectivity index (χ4n) is 2.86. The summed E-state index contributed by atoms with van der Waals surface area (Å²) >= 11 is 0. The van der Waals surface area contributed by atoms with Crippen LogP contribution >= 0.6 is 0 Å². The minimum atomic E-state index is -2.04. The van der Waals surface area contributed by atoms with Gasteiger partial charge in [0.05, 0.1) is 18.1 Å². The van der Waals surface area contributed by atoms with Crippen LogP contribution in [0, 0.1) is 20.2 Å². The summed E-state index contributed by atoms with van der Waals surface area (Å²) in [5.41, 5.74) is 1.19. The summed E-state index contributed by atoms with van der Waals surface area (Å²) in [6.45, 7) is -0.401. The van der Waals surface area contributed by atoms with Crippen molar-refractivity contribution in [3.05, 3.63) is 117 Å². The molecule has 154 valence electrons. The van der Waals surface area contributed by atoms with Crippen molar-refractivity contribution in [1.82, 2.24) is 0 Å². The number of rotatable bonds is 10. The molecule has 1 unspecified atom stereocenters. The highest BCUT2D eigenvalue weighted by Crippen LogP contribution is 2.20. The Kier molecular flexibility index (Phi) is 6.79. The highest BCUT2D eigenvalue weighted by molar-refractivity contribution is 5.33. The molecule has 0 fully saturated rings. The zero-order valence-corrected chi connectivity index (χ0v) is 16.0. The number of non-ortho nitro benzene ring substituents is 1. The Balaban J connectivity index is 1.83. The number of benzene rings is 2. The molecule has 1 atom stereocenters. The molecular weight excluding hydrogens is 390 g/mol. The van der Waals surface area contributed by atoms with Crippen LogP contribution in [0.1, 0.15) is 11.1 Å². The van der Waals surface area contributed by atoms with E-state index in [-0.39, 0.29) is 25.5 Å². The van der Waals surface area contributed by atoms with E-state index in [0.717, 1.165) is 5.56 Å². The lowest BCUT2D eigenvalue weighted by molar-refractivity contribution is -0.972. The molecule has 0 radical (unpaired) electrons. The van der Waals surface area contributed by atoms with Gasteiger partial charge in [0.15, 0.2) is 12.4 Å². The Morgan fingerprint density at radius 3 is 2.17 bits per heavy atom. The third-order valence-corrected chi connectivity index (χ3v) is 4.40. The number of nitrogens with zero attached hydrogens (tertiary/aromatic N) is 3. The lowest BCUT2D eigenvalue weighted by Gasteiger charge is -2.20. The van der Waals surface area contributed by atoms with Crippen molar-refractivity contribution in [2.45, 2.75) is 19.1 Å². The maximum Gasteiger partial charge on any atom is 0.555 e. The fourth-order valence-corrected chi connectivity index (χ4v) is 2.86. The van der Waals surface area contributed by atoms with Crippen molar-refractivity contribution in [3.63, 3.8) is 0 Å². The van der Waals surface area contributed by atoms with Crippen LogP contribution in [0.5, 0.6) is 0 Å². The highest BCUT2D eigenvalue weighted by atomic mass is 16.7. The Hall–Kier alpha value is -3.69. The van der Waals surface area contributed by atoms with Gasteiger partial charge in [0.1, 0.15) is 4.92 Å². The molecule has 0 aliphatic heterocycles. The predicted octanol–water partition coefficient (Wildman–Crippen LogP) is 3.20. The summed E-state index contributed by atoms with van der Waals surface area (Å²) in [6.07, 6.45) is 3.03. The summed E-state index contributed by atoms with van der Waals surface area (Å²) in [5.74, 6) is -2.04. The third kappa shape index (κ3) is 5.02. The first-order chi connectivity index (χ1) is 14.5. The fraction of sp³-hybridized carbons (Fsp3) is 0.190. The van der Waals surface area contributed by atoms with E-state index in [2.05, 4.69) is 0 Å². The summed E-state index contributed by atoms with van der Waals surface area (Å²) in [5, 5.41) is 23.1. The number of ether oxygens (including phenoxy) is 2. The molecule has 0 aliphatic carbocycles. The standard InChI is InChI=1S/C21H20N3O6/c25-23(26)20-11-7-10-19(14-20)16-30-21(24(27)28,22-12-5-2-6-13-22)17-29-15-18-8-3-1-4-9-18/h1-14H,15-17H2/q+1. The molecular formula is C21H20N3O6+. The van der Waals surface area contributed by atoms with Gasteiger partial charge in [0.25, 0.3) is 5.69 Å². The van der Waals surface area contributed by atoms with Crippen molar-refractivity contribution in [2.24, 2.45) is 0 Å². The molecule has 1 heterocycles. The Morgan fingerprint density at radius 2 is 1.50 bits per heavy atom. The molecule has 30 heavy (non-hydrogen) atoms. The van der Waals surface area contributed by atoms with Crippen LogP contribution in [-0.4, -0.2) is 16.5 Å². The van der Waals surface area contributed by atoms with E-state index in [0.29, 0.717) is 5.56 Å². The van der Waals surface area contributed by atoms with Crippen molar-refractivity contribution in [1.29, 1.82) is 0 Å². The van der Waals surface area contributed by atoms with Gasteiger partial charge in [-0.25, -0.2) is 0 Å². The summed E-state index contributed by atoms with van der Waals surface area (Å²) in [6, 6.07) is 20.1. The van der Waals surface area contributed by atoms with Gasteiger partial charge in [-0.15, -0.1) is 4.57 Å². The number of aromatic nitrogens is 1. The molecule has 0 saturated carbocycles. The van der Waals surface area contributed by atoms with E-state index in [1.54, 1.807) is 24.3 Å². The van der Waals surface area contributed by atoms with Gasteiger partial charge in [-0.3, -0.25) is 25.0 Å². The van der Waals surface area contributed by atoms with Gasteiger partial charge in [0, 0.05) is 24.3 Å². The van der Waals surface area contributed by atoms with Crippen LogP contribution < -0.4 is 4.57 Å². The summed E-state index contributed by atoms with van der Waals surface area (Å²) in [7, 11) is 0. The smallest absolute Gasteiger partial charge is 0.359 e. The van der Waals surface area contributed by atoms with Gasteiger partial charge in [-0.2, -0.15) is 0 Å². The number of hydrogen-bond acceptors (Lipinski definition) is 6. The van der Waals surface area contributed by atoms with Crippen LogP contribution in [0.4, 0.5) is 5.69 Å². The average Bonchev–Trinajstić information content (AvgIpc) is 2.77. The second kappa shape index (κ2) is 9.68. The van der Waals surface area contributed by atoms with Crippen molar-refractivity contribution >= 4 is 5.69 Å². The van der Waals surface area contributed by atoms with Crippen LogP contribution in [0.15, 0.2) is 85.2 Å². The Bertz CT molecular complexity index is 1000. The predicted molar refractivity (Wildman–Crippen MR) is 106 cm³/mol. The topological polar surface area (TPSA) is 109 Å². The van der Waals surface area contributed by atoms with Crippen LogP contribution in [0.25, 0.3) is 0 Å². The molecule has 3 aromatic rings. The molecule has 0 saturated heterocycles. The molecule has 0 bridgehead atoms. The van der Waals surface area contributed by atoms with E-state index in [9.17, 15) is 20.2 Å². The van der Waals surface area contributed by atoms with Crippen molar-refractivity contribution in [2.75, 3.05) is 6.61 Å². The molecule has 3 rings (SSSR count). The zero-order chi connectivity index (χ0) is 21.4. The van der Waals surface area contributed by atoms with Gasteiger partial charge >= 0.3 is 5.85 Å². The number of nitro benzene ring substituents is 1. The largest absolute Gasteiger partial charge is 0.555 e. The van der Waals surface area contributed by atoms with E-state index in [4.69, 9.17) is 9.47 Å². The normalized spacial score (nSPS) is 12.8. The Labute approximate surface area is 172 Å². The lowest BCUT2D eigenvalue weighted by atomic mass is 10.2. The number of nitro groups is 2. The SMILES string of the molecule is O=[N+]([O-])c1cccc(COC(COCc2ccccc2)([N+](=O)[O-])[n+]2ccccc2)c1. The first-order valence-corrected chi connectivity index (χ1v) is 9.11. The molecule has 0 spiro atoms. The van der Waals surface area contributed by atoms with E-state index >= 15 is 0 Å². The number of hydrogen-bond donors (Lipinski definition) is 0. The van der Waals surface area contributed by atoms with Gasteiger partial charge in [0.2, 0.25) is 6.61 Å². The number of pyridine rings is 1. The molecule has 0 N–H and O–H groups in total. The second-order valence-corrected chi connectivity index (χ2v) is 6.48. The first-order valence-electron chi connectivity index (χ1n) is 9.11. The third-order valence-electron chi connectivity index (χ3n) is 4.40. The summed E-state index contributed by atoms with van der Waals surface area (Å²) in [4.78, 5) is 22.0. The van der Waals surface area contributed by atoms with Crippen LogP contribution in [0.3, 0.4) is 0 Å². The van der Waals surface area contributed by atoms with Crippen LogP contribution in [-0.2, 0) is 28.5 Å². The zero-order valence-electron chi connectivity index (χ0n) is 16.0. The molecule has 0 amide bonds. The molecule has 0 aliphatic rings. The van der Waals surface area contributed by atoms with Gasteiger partial charge in [-0.05, 0) is 11.1 Å². The second-order valence-electron chi connectivity index (χ2n) is 6.48. The van der Waals surface area contributed by atoms with E-state index in [1.165, 1.54) is 35.2 Å². The molecule has 9 nitrogen and oxygen atoms in total. The maximum atomic E-state index is 12.1.